The third kappa shape index (κ3) is 5.83. The van der Waals surface area contributed by atoms with Crippen molar-refractivity contribution in [3.8, 4) is 0 Å². The van der Waals surface area contributed by atoms with Crippen molar-refractivity contribution in [3.05, 3.63) is 72.2 Å². The summed E-state index contributed by atoms with van der Waals surface area (Å²) in [7, 11) is 1.81. The number of piperidine rings is 1. The molecule has 3 heterocycles. The van der Waals surface area contributed by atoms with Gasteiger partial charge in [-0.2, -0.15) is 0 Å². The van der Waals surface area contributed by atoms with E-state index in [-0.39, 0.29) is 17.6 Å². The first-order chi connectivity index (χ1) is 16.0. The molecule has 3 aromatic rings. The van der Waals surface area contributed by atoms with E-state index in [1.165, 1.54) is 6.07 Å². The fourth-order valence-corrected chi connectivity index (χ4v) is 4.24. The van der Waals surface area contributed by atoms with E-state index in [0.717, 1.165) is 36.5 Å². The lowest BCUT2D eigenvalue weighted by Crippen LogP contribution is -2.40. The third-order valence-electron chi connectivity index (χ3n) is 5.93. The minimum atomic E-state index is -0.276. The number of para-hydroxylation sites is 1. The molecule has 2 aromatic heterocycles. The Bertz CT molecular complexity index is 1090. The molecule has 0 saturated carbocycles. The van der Waals surface area contributed by atoms with Crippen molar-refractivity contribution in [2.24, 2.45) is 0 Å². The maximum absolute atomic E-state index is 14.0. The lowest BCUT2D eigenvalue weighted by atomic mass is 9.93. The lowest BCUT2D eigenvalue weighted by molar-refractivity contribution is -0.132. The summed E-state index contributed by atoms with van der Waals surface area (Å²) in [5.74, 6) is 0.665. The second-order valence-corrected chi connectivity index (χ2v) is 8.44. The Balaban J connectivity index is 1.39. The van der Waals surface area contributed by atoms with Gasteiger partial charge in [-0.05, 0) is 44.0 Å². The number of carbonyl (C=O) groups excluding carboxylic acids is 1. The zero-order chi connectivity index (χ0) is 23.2. The summed E-state index contributed by atoms with van der Waals surface area (Å²) in [4.78, 5) is 29.8. The van der Waals surface area contributed by atoms with Gasteiger partial charge < -0.3 is 15.1 Å². The minimum Gasteiger partial charge on any atom is -0.372 e. The molecule has 1 aliphatic rings. The van der Waals surface area contributed by atoms with Crippen LogP contribution in [0.15, 0.2) is 55.0 Å². The van der Waals surface area contributed by atoms with Crippen molar-refractivity contribution < 1.29 is 9.18 Å². The molecule has 1 aliphatic heterocycles. The Morgan fingerprint density at radius 3 is 2.91 bits per heavy atom. The van der Waals surface area contributed by atoms with Gasteiger partial charge in [0.1, 0.15) is 11.6 Å². The van der Waals surface area contributed by atoms with E-state index in [4.69, 9.17) is 4.98 Å². The van der Waals surface area contributed by atoms with Crippen molar-refractivity contribution in [3.63, 3.8) is 0 Å². The molecular weight excluding hydrogens is 419 g/mol. The molecule has 0 bridgehead atoms. The molecule has 0 spiro atoms. The Hall–Kier alpha value is -3.55. The van der Waals surface area contributed by atoms with Gasteiger partial charge in [0.25, 0.3) is 0 Å². The Kier molecular flexibility index (Phi) is 7.12. The summed E-state index contributed by atoms with van der Waals surface area (Å²) in [6.45, 7) is 3.82. The quantitative estimate of drug-likeness (QED) is 0.581. The van der Waals surface area contributed by atoms with Crippen LogP contribution in [0.25, 0.3) is 0 Å². The maximum Gasteiger partial charge on any atom is 0.224 e. The molecule has 0 radical (unpaired) electrons. The second-order valence-electron chi connectivity index (χ2n) is 8.44. The summed E-state index contributed by atoms with van der Waals surface area (Å²) >= 11 is 0. The average Bonchev–Trinajstić information content (AvgIpc) is 2.83. The monoisotopic (exact) mass is 448 g/mol. The Labute approximate surface area is 193 Å². The van der Waals surface area contributed by atoms with Gasteiger partial charge in [-0.3, -0.25) is 14.8 Å². The van der Waals surface area contributed by atoms with Gasteiger partial charge in [-0.15, -0.1) is 0 Å². The first-order valence-electron chi connectivity index (χ1n) is 11.2. The zero-order valence-electron chi connectivity index (χ0n) is 19.0. The fourth-order valence-electron chi connectivity index (χ4n) is 4.24. The molecule has 1 atom stereocenters. The predicted molar refractivity (Wildman–Crippen MR) is 127 cm³/mol. The number of nitrogens with zero attached hydrogens (tertiary/aromatic N) is 5. The van der Waals surface area contributed by atoms with Crippen molar-refractivity contribution >= 4 is 23.1 Å². The topological polar surface area (TPSA) is 74.2 Å². The van der Waals surface area contributed by atoms with Crippen LogP contribution >= 0.6 is 0 Å². The van der Waals surface area contributed by atoms with Crippen LogP contribution in [-0.4, -0.2) is 52.4 Å². The molecular formula is C25H29FN6O. The molecule has 1 amide bonds. The predicted octanol–water partition coefficient (Wildman–Crippen LogP) is 4.30. The summed E-state index contributed by atoms with van der Waals surface area (Å²) in [6.07, 6.45) is 7.22. The van der Waals surface area contributed by atoms with E-state index in [1.54, 1.807) is 41.7 Å². The van der Waals surface area contributed by atoms with Crippen molar-refractivity contribution in [2.75, 3.05) is 36.9 Å². The van der Waals surface area contributed by atoms with Crippen LogP contribution in [0.3, 0.4) is 0 Å². The number of pyridine rings is 1. The molecule has 8 heteroatoms. The molecule has 7 nitrogen and oxygen atoms in total. The molecule has 4 rings (SSSR count). The van der Waals surface area contributed by atoms with E-state index in [0.29, 0.717) is 31.0 Å². The van der Waals surface area contributed by atoms with Gasteiger partial charge in [0.15, 0.2) is 0 Å². The van der Waals surface area contributed by atoms with E-state index in [2.05, 4.69) is 15.3 Å². The largest absolute Gasteiger partial charge is 0.372 e. The summed E-state index contributed by atoms with van der Waals surface area (Å²) in [6, 6.07) is 10.6. The van der Waals surface area contributed by atoms with E-state index < -0.39 is 0 Å². The second kappa shape index (κ2) is 10.4. The summed E-state index contributed by atoms with van der Waals surface area (Å²) in [5, 5.41) is 3.28. The first kappa shape index (κ1) is 22.6. The van der Waals surface area contributed by atoms with Crippen molar-refractivity contribution in [2.45, 2.75) is 32.1 Å². The fraction of sp³-hybridized carbons (Fsp3) is 0.360. The number of hydrogen-bond acceptors (Lipinski definition) is 6. The molecule has 1 aromatic carbocycles. The minimum absolute atomic E-state index is 0.0912. The highest BCUT2D eigenvalue weighted by Gasteiger charge is 2.26. The van der Waals surface area contributed by atoms with Gasteiger partial charge in [0, 0.05) is 68.5 Å². The number of halogens is 1. The number of amides is 1. The Morgan fingerprint density at radius 2 is 2.12 bits per heavy atom. The lowest BCUT2D eigenvalue weighted by Gasteiger charge is -2.33. The third-order valence-corrected chi connectivity index (χ3v) is 5.93. The van der Waals surface area contributed by atoms with Crippen molar-refractivity contribution in [1.29, 1.82) is 0 Å². The number of carbonyl (C=O) groups is 1. The number of aryl methyl sites for hydroxylation is 1. The number of rotatable bonds is 7. The number of benzene rings is 1. The van der Waals surface area contributed by atoms with Crippen LogP contribution in [0.1, 0.15) is 36.6 Å². The number of aromatic nitrogens is 3. The van der Waals surface area contributed by atoms with Crippen LogP contribution in [0.4, 0.5) is 21.6 Å². The van der Waals surface area contributed by atoms with Gasteiger partial charge >= 0.3 is 0 Å². The van der Waals surface area contributed by atoms with Gasteiger partial charge in [-0.1, -0.05) is 12.1 Å². The van der Waals surface area contributed by atoms with E-state index in [1.807, 2.05) is 31.0 Å². The van der Waals surface area contributed by atoms with Crippen molar-refractivity contribution in [1.82, 2.24) is 19.9 Å². The molecule has 1 fully saturated rings. The van der Waals surface area contributed by atoms with E-state index in [9.17, 15) is 9.18 Å². The molecule has 1 N–H and O–H groups in total. The van der Waals surface area contributed by atoms with Crippen LogP contribution in [0.2, 0.25) is 0 Å². The maximum atomic E-state index is 14.0. The molecule has 172 valence electrons. The SMILES string of the molecule is Cc1cc(Nc2cnccn2)cc([C@H]2CCCN(C(=O)CCN(C)c3ccccc3F)C2)n1. The van der Waals surface area contributed by atoms with Crippen LogP contribution in [-0.2, 0) is 4.79 Å². The van der Waals surface area contributed by atoms with Crippen LogP contribution in [0, 0.1) is 12.7 Å². The summed E-state index contributed by atoms with van der Waals surface area (Å²) in [5.41, 5.74) is 3.30. The van der Waals surface area contributed by atoms with Crippen LogP contribution < -0.4 is 10.2 Å². The number of hydrogen-bond donors (Lipinski definition) is 1. The first-order valence-corrected chi connectivity index (χ1v) is 11.2. The van der Waals surface area contributed by atoms with Gasteiger partial charge in [0.05, 0.1) is 11.9 Å². The molecule has 1 saturated heterocycles. The average molecular weight is 449 g/mol. The Morgan fingerprint density at radius 1 is 1.27 bits per heavy atom. The number of nitrogens with one attached hydrogen (secondary N) is 1. The van der Waals surface area contributed by atoms with E-state index >= 15 is 0 Å². The highest BCUT2D eigenvalue weighted by Crippen LogP contribution is 2.29. The smallest absolute Gasteiger partial charge is 0.224 e. The number of likely N-dealkylation sites (tertiary alicyclic amines) is 1. The molecule has 33 heavy (non-hydrogen) atoms. The van der Waals surface area contributed by atoms with Gasteiger partial charge in [0.2, 0.25) is 5.91 Å². The van der Waals surface area contributed by atoms with Gasteiger partial charge in [-0.25, -0.2) is 9.37 Å². The molecule has 0 unspecified atom stereocenters. The molecule has 0 aliphatic carbocycles. The summed E-state index contributed by atoms with van der Waals surface area (Å²) < 4.78 is 14.0. The highest BCUT2D eigenvalue weighted by molar-refractivity contribution is 5.77. The normalized spacial score (nSPS) is 15.8. The van der Waals surface area contributed by atoms with Crippen LogP contribution in [0.5, 0.6) is 0 Å². The zero-order valence-corrected chi connectivity index (χ0v) is 19.0. The number of anilines is 3. The highest BCUT2D eigenvalue weighted by atomic mass is 19.1. The standard InChI is InChI=1S/C25H29FN6O/c1-18-14-20(30-24-16-27-10-11-28-24)15-22(29-18)19-6-5-12-32(17-19)25(33)9-13-31(2)23-8-4-3-7-21(23)26/h3-4,7-8,10-11,14-16,19H,5-6,9,12-13,17H2,1-2H3,(H,28,29,30)/t19-/m0/s1.